The van der Waals surface area contributed by atoms with E-state index in [0.29, 0.717) is 11.2 Å². The van der Waals surface area contributed by atoms with Crippen molar-refractivity contribution in [3.8, 4) is 0 Å². The maximum atomic E-state index is 13.5. The van der Waals surface area contributed by atoms with Gasteiger partial charge < -0.3 is 10.6 Å². The molecule has 0 bridgehead atoms. The van der Waals surface area contributed by atoms with Crippen molar-refractivity contribution in [3.63, 3.8) is 0 Å². The van der Waals surface area contributed by atoms with Crippen LogP contribution in [0.2, 0.25) is 0 Å². The maximum Gasteiger partial charge on any atom is 0.171 e. The normalized spacial score (nSPS) is 16.7. The van der Waals surface area contributed by atoms with Crippen molar-refractivity contribution in [1.82, 2.24) is 5.32 Å². The number of anilines is 1. The van der Waals surface area contributed by atoms with Gasteiger partial charge in [-0.05, 0) is 37.2 Å². The molecule has 104 valence electrons. The lowest BCUT2D eigenvalue weighted by molar-refractivity contribution is 0.535. The predicted octanol–water partition coefficient (Wildman–Crippen LogP) is 3.97. The molecule has 1 aliphatic carbocycles. The topological polar surface area (TPSA) is 24.1 Å². The summed E-state index contributed by atoms with van der Waals surface area (Å²) in [5.74, 6) is -1.23. The number of halogens is 2. The van der Waals surface area contributed by atoms with E-state index in [1.54, 1.807) is 0 Å². The number of hydrogen-bond donors (Lipinski definition) is 2. The van der Waals surface area contributed by atoms with Crippen LogP contribution >= 0.6 is 12.2 Å². The second-order valence-corrected chi connectivity index (χ2v) is 5.32. The minimum absolute atomic E-state index is 0.201. The molecule has 0 atom stereocenters. The average molecular weight is 284 g/mol. The van der Waals surface area contributed by atoms with Gasteiger partial charge in [0, 0.05) is 12.1 Å². The second-order valence-electron chi connectivity index (χ2n) is 4.91. The summed E-state index contributed by atoms with van der Waals surface area (Å²) in [6, 6.07) is 3.76. The molecule has 0 saturated heterocycles. The molecule has 1 aromatic rings. The zero-order valence-electron chi connectivity index (χ0n) is 10.7. The van der Waals surface area contributed by atoms with Crippen LogP contribution in [0.3, 0.4) is 0 Å². The fourth-order valence-corrected chi connectivity index (χ4v) is 2.63. The quantitative estimate of drug-likeness (QED) is 0.634. The first-order valence-electron chi connectivity index (χ1n) is 6.68. The lowest BCUT2D eigenvalue weighted by Gasteiger charge is -2.19. The molecule has 0 aromatic heterocycles. The molecular formula is C14H18F2N2S. The molecule has 1 saturated carbocycles. The van der Waals surface area contributed by atoms with Crippen LogP contribution in [0.15, 0.2) is 18.2 Å². The van der Waals surface area contributed by atoms with E-state index >= 15 is 0 Å². The summed E-state index contributed by atoms with van der Waals surface area (Å²) in [7, 11) is 0. The fourth-order valence-electron chi connectivity index (χ4n) is 2.36. The Labute approximate surface area is 117 Å². The number of rotatable bonds is 2. The van der Waals surface area contributed by atoms with Crippen molar-refractivity contribution in [1.29, 1.82) is 0 Å². The van der Waals surface area contributed by atoms with Crippen LogP contribution in [0.1, 0.15) is 38.5 Å². The van der Waals surface area contributed by atoms with E-state index in [1.165, 1.54) is 37.8 Å². The minimum atomic E-state index is -0.634. The monoisotopic (exact) mass is 284 g/mol. The molecule has 2 nitrogen and oxygen atoms in total. The van der Waals surface area contributed by atoms with E-state index in [-0.39, 0.29) is 5.69 Å². The zero-order valence-corrected chi connectivity index (χ0v) is 11.5. The van der Waals surface area contributed by atoms with Crippen molar-refractivity contribution < 1.29 is 8.78 Å². The first-order valence-corrected chi connectivity index (χ1v) is 7.08. The largest absolute Gasteiger partial charge is 0.360 e. The Morgan fingerprint density at radius 2 is 1.79 bits per heavy atom. The van der Waals surface area contributed by atoms with E-state index < -0.39 is 11.6 Å². The first-order chi connectivity index (χ1) is 9.15. The number of nitrogens with one attached hydrogen (secondary N) is 2. The molecule has 0 spiro atoms. The van der Waals surface area contributed by atoms with Crippen molar-refractivity contribution in [2.24, 2.45) is 0 Å². The van der Waals surface area contributed by atoms with E-state index in [0.717, 1.165) is 18.9 Å². The van der Waals surface area contributed by atoms with Crippen molar-refractivity contribution in [3.05, 3.63) is 29.8 Å². The Morgan fingerprint density at radius 1 is 1.11 bits per heavy atom. The molecule has 0 radical (unpaired) electrons. The Bertz CT molecular complexity index is 443. The highest BCUT2D eigenvalue weighted by Crippen LogP contribution is 2.18. The Kier molecular flexibility index (Phi) is 5.07. The number of benzene rings is 1. The third kappa shape index (κ3) is 4.42. The second kappa shape index (κ2) is 6.80. The molecular weight excluding hydrogens is 266 g/mol. The molecule has 0 amide bonds. The van der Waals surface area contributed by atoms with Crippen LogP contribution in [0.5, 0.6) is 0 Å². The summed E-state index contributed by atoms with van der Waals surface area (Å²) in [6.45, 7) is 0. The highest BCUT2D eigenvalue weighted by atomic mass is 32.1. The zero-order chi connectivity index (χ0) is 13.7. The molecule has 0 heterocycles. The molecule has 19 heavy (non-hydrogen) atoms. The highest BCUT2D eigenvalue weighted by Gasteiger charge is 2.13. The average Bonchev–Trinajstić information content (AvgIpc) is 2.61. The van der Waals surface area contributed by atoms with Crippen LogP contribution in [0, 0.1) is 11.6 Å². The van der Waals surface area contributed by atoms with Gasteiger partial charge in [-0.25, -0.2) is 8.78 Å². The Balaban J connectivity index is 1.89. The summed E-state index contributed by atoms with van der Waals surface area (Å²) in [6.07, 6.45) is 7.12. The standard InChI is InChI=1S/C14H18F2N2S/c15-10-7-8-13(12(16)9-10)18-14(19)17-11-5-3-1-2-4-6-11/h7-9,11H,1-6H2,(H2,17,18,19). The molecule has 5 heteroatoms. The van der Waals surface area contributed by atoms with Gasteiger partial charge >= 0.3 is 0 Å². The van der Waals surface area contributed by atoms with Gasteiger partial charge in [0.25, 0.3) is 0 Å². The van der Waals surface area contributed by atoms with Gasteiger partial charge in [0.1, 0.15) is 11.6 Å². The number of hydrogen-bond acceptors (Lipinski definition) is 1. The Morgan fingerprint density at radius 3 is 2.42 bits per heavy atom. The van der Waals surface area contributed by atoms with Crippen LogP contribution in [0.4, 0.5) is 14.5 Å². The summed E-state index contributed by atoms with van der Waals surface area (Å²) in [5, 5.41) is 6.39. The minimum Gasteiger partial charge on any atom is -0.360 e. The van der Waals surface area contributed by atoms with Crippen LogP contribution in [-0.2, 0) is 0 Å². The third-order valence-corrected chi connectivity index (χ3v) is 3.59. The predicted molar refractivity (Wildman–Crippen MR) is 77.2 cm³/mol. The van der Waals surface area contributed by atoms with E-state index in [1.807, 2.05) is 0 Å². The van der Waals surface area contributed by atoms with Crippen molar-refractivity contribution >= 4 is 23.0 Å². The fraction of sp³-hybridized carbons (Fsp3) is 0.500. The van der Waals surface area contributed by atoms with Crippen LogP contribution in [0.25, 0.3) is 0 Å². The Hall–Kier alpha value is -1.23. The number of thiocarbonyl (C=S) groups is 1. The molecule has 0 aliphatic heterocycles. The SMILES string of the molecule is Fc1ccc(NC(=S)NC2CCCCCC2)c(F)c1. The summed E-state index contributed by atoms with van der Waals surface area (Å²) in [4.78, 5) is 0. The van der Waals surface area contributed by atoms with Gasteiger partial charge in [0.2, 0.25) is 0 Å². The van der Waals surface area contributed by atoms with E-state index in [4.69, 9.17) is 12.2 Å². The molecule has 1 aromatic carbocycles. The molecule has 1 fully saturated rings. The summed E-state index contributed by atoms with van der Waals surface area (Å²) in [5.41, 5.74) is 0.201. The van der Waals surface area contributed by atoms with E-state index in [9.17, 15) is 8.78 Å². The van der Waals surface area contributed by atoms with Gasteiger partial charge in [-0.15, -0.1) is 0 Å². The molecule has 0 unspecified atom stereocenters. The van der Waals surface area contributed by atoms with Gasteiger partial charge in [0.15, 0.2) is 5.11 Å². The molecule has 1 aliphatic rings. The van der Waals surface area contributed by atoms with Crippen molar-refractivity contribution in [2.45, 2.75) is 44.6 Å². The summed E-state index contributed by atoms with van der Waals surface area (Å²) < 4.78 is 26.3. The smallest absolute Gasteiger partial charge is 0.171 e. The summed E-state index contributed by atoms with van der Waals surface area (Å²) >= 11 is 5.17. The third-order valence-electron chi connectivity index (χ3n) is 3.37. The lowest BCUT2D eigenvalue weighted by Crippen LogP contribution is -2.37. The molecule has 2 N–H and O–H groups in total. The van der Waals surface area contributed by atoms with Gasteiger partial charge in [-0.1, -0.05) is 25.7 Å². The van der Waals surface area contributed by atoms with Crippen molar-refractivity contribution in [2.75, 3.05) is 5.32 Å². The highest BCUT2D eigenvalue weighted by molar-refractivity contribution is 7.80. The van der Waals surface area contributed by atoms with Gasteiger partial charge in [-0.3, -0.25) is 0 Å². The maximum absolute atomic E-state index is 13.5. The lowest BCUT2D eigenvalue weighted by atomic mass is 10.1. The van der Waals surface area contributed by atoms with E-state index in [2.05, 4.69) is 10.6 Å². The molecule has 2 rings (SSSR count). The van der Waals surface area contributed by atoms with Crippen LogP contribution < -0.4 is 10.6 Å². The van der Waals surface area contributed by atoms with Crippen LogP contribution in [-0.4, -0.2) is 11.2 Å². The first kappa shape index (κ1) is 14.2. The van der Waals surface area contributed by atoms with Gasteiger partial charge in [0.05, 0.1) is 5.69 Å². The van der Waals surface area contributed by atoms with Gasteiger partial charge in [-0.2, -0.15) is 0 Å².